The summed E-state index contributed by atoms with van der Waals surface area (Å²) in [5.41, 5.74) is 7.10. The summed E-state index contributed by atoms with van der Waals surface area (Å²) in [6, 6.07) is 40.5. The molecular formula is C48H43BrN6O5. The van der Waals surface area contributed by atoms with Gasteiger partial charge in [-0.05, 0) is 88.3 Å². The first-order valence-electron chi connectivity index (χ1n) is 19.7. The predicted molar refractivity (Wildman–Crippen MR) is 231 cm³/mol. The molecule has 0 N–H and O–H groups in total. The summed E-state index contributed by atoms with van der Waals surface area (Å²) < 4.78 is 19.2. The van der Waals surface area contributed by atoms with E-state index >= 15 is 0 Å². The Morgan fingerprint density at radius 1 is 0.750 bits per heavy atom. The number of tetrazole rings is 1. The highest BCUT2D eigenvalue weighted by Gasteiger charge is 2.41. The van der Waals surface area contributed by atoms with Crippen LogP contribution in [0.15, 0.2) is 143 Å². The Kier molecular flexibility index (Phi) is 11.1. The van der Waals surface area contributed by atoms with E-state index in [9.17, 15) is 9.59 Å². The monoisotopic (exact) mass is 862 g/mol. The Bertz CT molecular complexity index is 2660. The molecule has 4 aromatic carbocycles. The van der Waals surface area contributed by atoms with Crippen LogP contribution in [0.4, 0.5) is 0 Å². The summed E-state index contributed by atoms with van der Waals surface area (Å²) in [6.45, 7) is 8.71. The van der Waals surface area contributed by atoms with Gasteiger partial charge in [-0.2, -0.15) is 0 Å². The highest BCUT2D eigenvalue weighted by Crippen LogP contribution is 2.49. The van der Waals surface area contributed by atoms with Crippen LogP contribution >= 0.6 is 15.9 Å². The van der Waals surface area contributed by atoms with E-state index in [-0.39, 0.29) is 12.2 Å². The van der Waals surface area contributed by atoms with E-state index in [0.29, 0.717) is 23.8 Å². The van der Waals surface area contributed by atoms with Crippen molar-refractivity contribution in [1.29, 1.82) is 0 Å². The second-order valence-corrected chi connectivity index (χ2v) is 16.2. The molecule has 0 radical (unpaired) electrons. The number of esters is 2. The molecule has 0 saturated carbocycles. The van der Waals surface area contributed by atoms with Crippen molar-refractivity contribution in [3.63, 3.8) is 0 Å². The number of ether oxygens (including phenoxy) is 2. The van der Waals surface area contributed by atoms with Crippen LogP contribution in [0, 0.1) is 12.3 Å². The van der Waals surface area contributed by atoms with Crippen LogP contribution in [-0.2, 0) is 32.8 Å². The predicted octanol–water partition coefficient (Wildman–Crippen LogP) is 10.1. The van der Waals surface area contributed by atoms with E-state index in [1.807, 2.05) is 96.4 Å². The molecule has 0 unspecified atom stereocenters. The molecule has 0 spiro atoms. The number of hydrogen-bond donors (Lipinski definition) is 0. The minimum Gasteiger partial charge on any atom is -0.472 e. The van der Waals surface area contributed by atoms with Crippen molar-refractivity contribution >= 4 is 27.9 Å². The summed E-state index contributed by atoms with van der Waals surface area (Å²) >= 11 is 3.95. The zero-order chi connectivity index (χ0) is 42.0. The molecule has 0 saturated heterocycles. The second kappa shape index (κ2) is 16.5. The third-order valence-corrected chi connectivity index (χ3v) is 11.5. The Morgan fingerprint density at radius 2 is 1.33 bits per heavy atom. The second-order valence-electron chi connectivity index (χ2n) is 15.4. The van der Waals surface area contributed by atoms with Crippen molar-refractivity contribution < 1.29 is 23.5 Å². The standard InChI is InChI=1S/C48H43BrN6O5/c1-6-40-50-31(2)43(45(56)59-30-60-46(57)47(3,4)5)54(40)28-38-35-26-27-58-29-39(35)42(49)41(38)36-24-16-17-25-37(36)44-51-53-55(52-44)48(32-18-10-7-11-19-32,33-20-12-8-13-21-33)34-22-14-9-15-23-34/h7-27,29H,6,28,30H2,1-5H3. The normalized spacial score (nSPS) is 11.8. The minimum atomic E-state index is -0.960. The number of rotatable bonds is 12. The molecule has 0 amide bonds. The average Bonchev–Trinajstić information content (AvgIpc) is 3.96. The SMILES string of the molecule is CCc1nc(C)c(C(=O)OCOC(=O)C(C)(C)C)n1Cc1c2ccocc-2c(Br)c1-c1ccccc1-c1nnn(C(c2ccccc2)(c2ccccc2)c2ccccc2)n1. The van der Waals surface area contributed by atoms with Crippen molar-refractivity contribution in [2.24, 2.45) is 5.41 Å². The van der Waals surface area contributed by atoms with Gasteiger partial charge < -0.3 is 18.5 Å². The molecule has 60 heavy (non-hydrogen) atoms. The zero-order valence-corrected chi connectivity index (χ0v) is 35.5. The Morgan fingerprint density at radius 3 is 1.92 bits per heavy atom. The number of carbonyl (C=O) groups excluding carboxylic acids is 2. The van der Waals surface area contributed by atoms with Crippen LogP contribution in [0.1, 0.15) is 72.0 Å². The van der Waals surface area contributed by atoms with Crippen LogP contribution in [0.2, 0.25) is 0 Å². The molecule has 1 aliphatic heterocycles. The molecule has 2 aromatic heterocycles. The van der Waals surface area contributed by atoms with Gasteiger partial charge in [0.2, 0.25) is 12.6 Å². The fourth-order valence-corrected chi connectivity index (χ4v) is 8.56. The molecule has 0 fully saturated rings. The topological polar surface area (TPSA) is 127 Å². The van der Waals surface area contributed by atoms with E-state index < -0.39 is 29.7 Å². The molecule has 6 aromatic rings. The van der Waals surface area contributed by atoms with Gasteiger partial charge >= 0.3 is 11.9 Å². The molecule has 2 aliphatic rings. The molecule has 11 nitrogen and oxygen atoms in total. The number of aryl methyl sites for hydroxylation is 2. The van der Waals surface area contributed by atoms with Gasteiger partial charge in [-0.25, -0.2) is 9.78 Å². The lowest BCUT2D eigenvalue weighted by Crippen LogP contribution is -2.39. The van der Waals surface area contributed by atoms with Gasteiger partial charge in [0.1, 0.15) is 5.82 Å². The Balaban J connectivity index is 1.26. The lowest BCUT2D eigenvalue weighted by molar-refractivity contribution is -0.161. The number of fused-ring (bicyclic) bond motifs is 1. The van der Waals surface area contributed by atoms with Gasteiger partial charge in [-0.15, -0.1) is 15.0 Å². The fraction of sp³-hybridized carbons (Fsp3) is 0.208. The lowest BCUT2D eigenvalue weighted by atomic mass is 9.77. The molecule has 0 atom stereocenters. The number of carbonyl (C=O) groups is 2. The Hall–Kier alpha value is -6.66. The fourth-order valence-electron chi connectivity index (χ4n) is 7.80. The van der Waals surface area contributed by atoms with E-state index in [0.717, 1.165) is 54.5 Å². The number of benzene rings is 4. The van der Waals surface area contributed by atoms with Crippen LogP contribution in [0.5, 0.6) is 0 Å². The average molecular weight is 864 g/mol. The molecule has 1 aliphatic carbocycles. The smallest absolute Gasteiger partial charge is 0.359 e. The van der Waals surface area contributed by atoms with Gasteiger partial charge in [0.25, 0.3) is 0 Å². The Labute approximate surface area is 356 Å². The third-order valence-electron chi connectivity index (χ3n) is 10.6. The van der Waals surface area contributed by atoms with Gasteiger partial charge in [0.05, 0.1) is 30.2 Å². The molecular weight excluding hydrogens is 820 g/mol. The largest absolute Gasteiger partial charge is 0.472 e. The summed E-state index contributed by atoms with van der Waals surface area (Å²) in [6.07, 6.45) is 3.89. The first kappa shape index (κ1) is 40.1. The van der Waals surface area contributed by atoms with Crippen molar-refractivity contribution in [2.75, 3.05) is 6.79 Å². The van der Waals surface area contributed by atoms with Crippen molar-refractivity contribution in [3.8, 4) is 33.6 Å². The maximum Gasteiger partial charge on any atom is 0.359 e. The number of hydrogen-bond acceptors (Lipinski definition) is 9. The quantitative estimate of drug-likeness (QED) is 0.0670. The van der Waals surface area contributed by atoms with Crippen molar-refractivity contribution in [2.45, 2.75) is 53.1 Å². The van der Waals surface area contributed by atoms with Crippen LogP contribution < -0.4 is 0 Å². The molecule has 302 valence electrons. The summed E-state index contributed by atoms with van der Waals surface area (Å²) in [4.78, 5) is 32.7. The number of aromatic nitrogens is 6. The van der Waals surface area contributed by atoms with E-state index in [2.05, 4.69) is 52.3 Å². The van der Waals surface area contributed by atoms with Gasteiger partial charge in [0, 0.05) is 27.6 Å². The summed E-state index contributed by atoms with van der Waals surface area (Å²) in [7, 11) is 0. The van der Waals surface area contributed by atoms with E-state index in [1.165, 1.54) is 0 Å². The molecule has 12 heteroatoms. The first-order valence-corrected chi connectivity index (χ1v) is 20.5. The van der Waals surface area contributed by atoms with Crippen LogP contribution in [0.25, 0.3) is 33.6 Å². The lowest BCUT2D eigenvalue weighted by Gasteiger charge is -2.34. The van der Waals surface area contributed by atoms with Crippen molar-refractivity contribution in [3.05, 3.63) is 178 Å². The molecule has 3 heterocycles. The van der Waals surface area contributed by atoms with Gasteiger partial charge in [-0.1, -0.05) is 122 Å². The summed E-state index contributed by atoms with van der Waals surface area (Å²) in [5.74, 6) is -0.00245. The highest BCUT2D eigenvalue weighted by molar-refractivity contribution is 9.10. The van der Waals surface area contributed by atoms with Crippen molar-refractivity contribution in [1.82, 2.24) is 29.8 Å². The maximum atomic E-state index is 13.8. The third kappa shape index (κ3) is 7.21. The molecule has 8 rings (SSSR count). The minimum absolute atomic E-state index is 0.255. The zero-order valence-electron chi connectivity index (χ0n) is 33.9. The number of imidazole rings is 1. The van der Waals surface area contributed by atoms with Gasteiger partial charge in [-0.3, -0.25) is 4.79 Å². The number of halogens is 1. The number of nitrogens with zero attached hydrogens (tertiary/aromatic N) is 6. The van der Waals surface area contributed by atoms with E-state index in [1.54, 1.807) is 45.0 Å². The highest BCUT2D eigenvalue weighted by atomic mass is 79.9. The van der Waals surface area contributed by atoms with Gasteiger partial charge in [0.15, 0.2) is 11.2 Å². The van der Waals surface area contributed by atoms with Crippen LogP contribution in [-0.4, -0.2) is 48.5 Å². The van der Waals surface area contributed by atoms with Crippen LogP contribution in [0.3, 0.4) is 0 Å². The maximum absolute atomic E-state index is 13.8. The summed E-state index contributed by atoms with van der Waals surface area (Å²) in [5, 5.41) is 14.9. The molecule has 0 bridgehead atoms. The first-order chi connectivity index (χ1) is 29.0. The van der Waals surface area contributed by atoms with E-state index in [4.69, 9.17) is 34.3 Å².